The van der Waals surface area contributed by atoms with Crippen LogP contribution < -0.4 is 5.32 Å². The molecule has 1 N–H and O–H groups in total. The number of rotatable bonds is 6. The van der Waals surface area contributed by atoms with Crippen molar-refractivity contribution in [3.8, 4) is 0 Å². The molecule has 0 bridgehead atoms. The zero-order valence-corrected chi connectivity index (χ0v) is 9.21. The SMILES string of the molecule is CCCCCCNc1cc(C)ccn1. The molecule has 0 unspecified atom stereocenters. The third-order valence-electron chi connectivity index (χ3n) is 2.25. The molecule has 0 aliphatic heterocycles. The van der Waals surface area contributed by atoms with Crippen LogP contribution in [0.3, 0.4) is 0 Å². The highest BCUT2D eigenvalue weighted by Gasteiger charge is 1.92. The van der Waals surface area contributed by atoms with Gasteiger partial charge in [-0.25, -0.2) is 4.98 Å². The fourth-order valence-electron chi connectivity index (χ4n) is 1.40. The van der Waals surface area contributed by atoms with Crippen molar-refractivity contribution in [1.82, 2.24) is 4.98 Å². The van der Waals surface area contributed by atoms with Crippen LogP contribution in [0.2, 0.25) is 0 Å². The van der Waals surface area contributed by atoms with Crippen molar-refractivity contribution in [2.45, 2.75) is 39.5 Å². The number of nitrogens with zero attached hydrogens (tertiary/aromatic N) is 1. The van der Waals surface area contributed by atoms with Crippen molar-refractivity contribution < 1.29 is 0 Å². The van der Waals surface area contributed by atoms with E-state index in [1.54, 1.807) is 0 Å². The van der Waals surface area contributed by atoms with E-state index in [-0.39, 0.29) is 0 Å². The van der Waals surface area contributed by atoms with Crippen LogP contribution in [0.25, 0.3) is 0 Å². The number of anilines is 1. The molecule has 0 saturated heterocycles. The number of hydrogen-bond acceptors (Lipinski definition) is 2. The molecular formula is C12H20N2. The van der Waals surface area contributed by atoms with E-state index in [1.807, 2.05) is 12.3 Å². The first-order valence-electron chi connectivity index (χ1n) is 5.49. The first kappa shape index (κ1) is 11.0. The molecule has 14 heavy (non-hydrogen) atoms. The molecule has 0 radical (unpaired) electrons. The molecule has 2 nitrogen and oxygen atoms in total. The Kier molecular flexibility index (Phi) is 5.05. The predicted molar refractivity (Wildman–Crippen MR) is 61.6 cm³/mol. The predicted octanol–water partition coefficient (Wildman–Crippen LogP) is 3.38. The largest absolute Gasteiger partial charge is 0.370 e. The van der Waals surface area contributed by atoms with Gasteiger partial charge in [0.1, 0.15) is 5.82 Å². The normalized spacial score (nSPS) is 10.1. The van der Waals surface area contributed by atoms with Gasteiger partial charge in [-0.2, -0.15) is 0 Å². The average molecular weight is 192 g/mol. The van der Waals surface area contributed by atoms with Gasteiger partial charge in [-0.3, -0.25) is 0 Å². The molecule has 2 heteroatoms. The summed E-state index contributed by atoms with van der Waals surface area (Å²) < 4.78 is 0. The smallest absolute Gasteiger partial charge is 0.126 e. The van der Waals surface area contributed by atoms with E-state index in [9.17, 15) is 0 Å². The Hall–Kier alpha value is -1.05. The number of nitrogens with one attached hydrogen (secondary N) is 1. The molecule has 0 amide bonds. The molecule has 0 aliphatic carbocycles. The summed E-state index contributed by atoms with van der Waals surface area (Å²) in [4.78, 5) is 4.25. The highest BCUT2D eigenvalue weighted by molar-refractivity contribution is 5.36. The van der Waals surface area contributed by atoms with E-state index in [0.29, 0.717) is 0 Å². The number of unbranched alkanes of at least 4 members (excludes halogenated alkanes) is 3. The van der Waals surface area contributed by atoms with E-state index in [2.05, 4.69) is 30.2 Å². The minimum atomic E-state index is 1.00. The molecule has 1 aromatic heterocycles. The Morgan fingerprint density at radius 1 is 1.29 bits per heavy atom. The van der Waals surface area contributed by atoms with Gasteiger partial charge < -0.3 is 5.32 Å². The third kappa shape index (κ3) is 4.26. The zero-order chi connectivity index (χ0) is 10.2. The summed E-state index contributed by atoms with van der Waals surface area (Å²) in [6.45, 7) is 5.36. The van der Waals surface area contributed by atoms with Crippen LogP contribution in [0.1, 0.15) is 38.2 Å². The van der Waals surface area contributed by atoms with Crippen molar-refractivity contribution in [2.24, 2.45) is 0 Å². The number of pyridine rings is 1. The summed E-state index contributed by atoms with van der Waals surface area (Å²) in [7, 11) is 0. The summed E-state index contributed by atoms with van der Waals surface area (Å²) in [5.74, 6) is 1.00. The second kappa shape index (κ2) is 6.41. The van der Waals surface area contributed by atoms with Gasteiger partial charge in [0.25, 0.3) is 0 Å². The monoisotopic (exact) mass is 192 g/mol. The highest BCUT2D eigenvalue weighted by Crippen LogP contribution is 2.06. The lowest BCUT2D eigenvalue weighted by Gasteiger charge is -2.05. The van der Waals surface area contributed by atoms with E-state index in [1.165, 1.54) is 31.2 Å². The molecule has 0 aliphatic rings. The van der Waals surface area contributed by atoms with Gasteiger partial charge in [0, 0.05) is 12.7 Å². The summed E-state index contributed by atoms with van der Waals surface area (Å²) in [5, 5.41) is 3.33. The van der Waals surface area contributed by atoms with Crippen LogP contribution in [-0.2, 0) is 0 Å². The second-order valence-corrected chi connectivity index (χ2v) is 3.71. The number of aromatic nitrogens is 1. The summed E-state index contributed by atoms with van der Waals surface area (Å²) in [5.41, 5.74) is 1.26. The first-order chi connectivity index (χ1) is 6.83. The first-order valence-corrected chi connectivity index (χ1v) is 5.49. The zero-order valence-electron chi connectivity index (χ0n) is 9.21. The van der Waals surface area contributed by atoms with Crippen LogP contribution in [0, 0.1) is 6.92 Å². The minimum absolute atomic E-state index is 1.00. The van der Waals surface area contributed by atoms with Crippen molar-refractivity contribution >= 4 is 5.82 Å². The van der Waals surface area contributed by atoms with E-state index >= 15 is 0 Å². The average Bonchev–Trinajstić information content (AvgIpc) is 2.18. The van der Waals surface area contributed by atoms with Crippen LogP contribution in [0.15, 0.2) is 18.3 Å². The Labute approximate surface area is 86.8 Å². The molecule has 0 saturated carbocycles. The number of aryl methyl sites for hydroxylation is 1. The van der Waals surface area contributed by atoms with Crippen molar-refractivity contribution in [3.05, 3.63) is 23.9 Å². The summed E-state index contributed by atoms with van der Waals surface area (Å²) >= 11 is 0. The molecular weight excluding hydrogens is 172 g/mol. The Balaban J connectivity index is 2.18. The molecule has 78 valence electrons. The van der Waals surface area contributed by atoms with Gasteiger partial charge in [-0.1, -0.05) is 26.2 Å². The van der Waals surface area contributed by atoms with Crippen LogP contribution in [0.4, 0.5) is 5.82 Å². The van der Waals surface area contributed by atoms with E-state index in [4.69, 9.17) is 0 Å². The Bertz CT molecular complexity index is 258. The van der Waals surface area contributed by atoms with Crippen LogP contribution >= 0.6 is 0 Å². The lowest BCUT2D eigenvalue weighted by molar-refractivity contribution is 0.684. The topological polar surface area (TPSA) is 24.9 Å². The maximum Gasteiger partial charge on any atom is 0.126 e. The lowest BCUT2D eigenvalue weighted by atomic mass is 10.2. The fraction of sp³-hybridized carbons (Fsp3) is 0.583. The van der Waals surface area contributed by atoms with E-state index in [0.717, 1.165) is 12.4 Å². The second-order valence-electron chi connectivity index (χ2n) is 3.71. The molecule has 1 rings (SSSR count). The fourth-order valence-corrected chi connectivity index (χ4v) is 1.40. The molecule has 0 atom stereocenters. The van der Waals surface area contributed by atoms with E-state index < -0.39 is 0 Å². The molecule has 1 heterocycles. The highest BCUT2D eigenvalue weighted by atomic mass is 15.0. The quantitative estimate of drug-likeness (QED) is 0.699. The van der Waals surface area contributed by atoms with Crippen molar-refractivity contribution in [3.63, 3.8) is 0 Å². The minimum Gasteiger partial charge on any atom is -0.370 e. The molecule has 0 aromatic carbocycles. The van der Waals surface area contributed by atoms with Gasteiger partial charge in [-0.15, -0.1) is 0 Å². The van der Waals surface area contributed by atoms with Crippen LogP contribution in [-0.4, -0.2) is 11.5 Å². The molecule has 0 fully saturated rings. The van der Waals surface area contributed by atoms with Crippen molar-refractivity contribution in [2.75, 3.05) is 11.9 Å². The summed E-state index contributed by atoms with van der Waals surface area (Å²) in [6, 6.07) is 4.10. The third-order valence-corrected chi connectivity index (χ3v) is 2.25. The number of hydrogen-bond donors (Lipinski definition) is 1. The maximum atomic E-state index is 4.25. The lowest BCUT2D eigenvalue weighted by Crippen LogP contribution is -2.02. The summed E-state index contributed by atoms with van der Waals surface area (Å²) in [6.07, 6.45) is 7.04. The molecule has 1 aromatic rings. The van der Waals surface area contributed by atoms with Crippen molar-refractivity contribution in [1.29, 1.82) is 0 Å². The van der Waals surface area contributed by atoms with Gasteiger partial charge in [-0.05, 0) is 31.0 Å². The standard InChI is InChI=1S/C12H20N2/c1-3-4-5-6-8-13-12-10-11(2)7-9-14-12/h7,9-10H,3-6,8H2,1-2H3,(H,13,14). The van der Waals surface area contributed by atoms with Gasteiger partial charge in [0.15, 0.2) is 0 Å². The van der Waals surface area contributed by atoms with Crippen LogP contribution in [0.5, 0.6) is 0 Å². The van der Waals surface area contributed by atoms with Gasteiger partial charge >= 0.3 is 0 Å². The van der Waals surface area contributed by atoms with Gasteiger partial charge in [0.05, 0.1) is 0 Å². The molecule has 0 spiro atoms. The Morgan fingerprint density at radius 2 is 2.14 bits per heavy atom. The van der Waals surface area contributed by atoms with Gasteiger partial charge in [0.2, 0.25) is 0 Å². The Morgan fingerprint density at radius 3 is 2.86 bits per heavy atom. The maximum absolute atomic E-state index is 4.25.